The van der Waals surface area contributed by atoms with Crippen molar-refractivity contribution in [2.24, 2.45) is 0 Å². The highest BCUT2D eigenvalue weighted by Crippen LogP contribution is 2.33. The number of phenols is 1. The van der Waals surface area contributed by atoms with E-state index in [2.05, 4.69) is 5.32 Å². The van der Waals surface area contributed by atoms with Crippen LogP contribution in [0.5, 0.6) is 5.75 Å². The second kappa shape index (κ2) is 7.78. The normalized spacial score (nSPS) is 11.0. The molecule has 0 aliphatic heterocycles. The van der Waals surface area contributed by atoms with Crippen LogP contribution >= 0.6 is 46.4 Å². The highest BCUT2D eigenvalue weighted by atomic mass is 35.5. The zero-order valence-corrected chi connectivity index (χ0v) is 14.8. The summed E-state index contributed by atoms with van der Waals surface area (Å²) in [5.74, 6) is -0.953. The van der Waals surface area contributed by atoms with Crippen molar-refractivity contribution in [3.8, 4) is 11.8 Å². The van der Waals surface area contributed by atoms with E-state index in [1.54, 1.807) is 24.3 Å². The number of anilines is 1. The zero-order chi connectivity index (χ0) is 17.9. The molecule has 4 nitrogen and oxygen atoms in total. The molecule has 24 heavy (non-hydrogen) atoms. The number of hydrogen-bond donors (Lipinski definition) is 2. The van der Waals surface area contributed by atoms with E-state index in [9.17, 15) is 15.2 Å². The van der Waals surface area contributed by atoms with Crippen LogP contribution in [0.1, 0.15) is 5.56 Å². The SMILES string of the molecule is N#CC(=Cc1cc(Cl)c(O)c(Cl)c1)C(=O)Nc1cccc(Cl)c1Cl. The van der Waals surface area contributed by atoms with Gasteiger partial charge in [-0.3, -0.25) is 4.79 Å². The molecule has 2 aromatic rings. The lowest BCUT2D eigenvalue weighted by Gasteiger charge is -2.08. The van der Waals surface area contributed by atoms with Gasteiger partial charge in [-0.25, -0.2) is 0 Å². The maximum absolute atomic E-state index is 12.2. The van der Waals surface area contributed by atoms with Gasteiger partial charge in [0, 0.05) is 0 Å². The lowest BCUT2D eigenvalue weighted by atomic mass is 10.1. The third kappa shape index (κ3) is 4.14. The number of nitrogens with one attached hydrogen (secondary N) is 1. The van der Waals surface area contributed by atoms with E-state index in [1.807, 2.05) is 0 Å². The fourth-order valence-corrected chi connectivity index (χ4v) is 2.63. The van der Waals surface area contributed by atoms with Gasteiger partial charge in [0.05, 0.1) is 25.8 Å². The standard InChI is InChI=1S/C16H8Cl4N2O2/c17-10-2-1-3-13(14(10)20)22-16(24)9(7-21)4-8-5-11(18)15(23)12(19)6-8/h1-6,23H,(H,22,24). The van der Waals surface area contributed by atoms with E-state index in [0.29, 0.717) is 5.56 Å². The van der Waals surface area contributed by atoms with Crippen LogP contribution in [0.2, 0.25) is 20.1 Å². The van der Waals surface area contributed by atoms with Crippen molar-refractivity contribution in [1.82, 2.24) is 0 Å². The molecular formula is C16H8Cl4N2O2. The van der Waals surface area contributed by atoms with E-state index in [0.717, 1.165) is 0 Å². The monoisotopic (exact) mass is 400 g/mol. The van der Waals surface area contributed by atoms with Gasteiger partial charge in [0.2, 0.25) is 0 Å². The van der Waals surface area contributed by atoms with Crippen molar-refractivity contribution < 1.29 is 9.90 Å². The summed E-state index contributed by atoms with van der Waals surface area (Å²) in [7, 11) is 0. The molecule has 2 rings (SSSR count). The maximum Gasteiger partial charge on any atom is 0.266 e. The number of phenolic OH excluding ortho intramolecular Hbond substituents is 1. The van der Waals surface area contributed by atoms with Crippen LogP contribution in [0.4, 0.5) is 5.69 Å². The number of aromatic hydroxyl groups is 1. The number of nitrogens with zero attached hydrogens (tertiary/aromatic N) is 1. The van der Waals surface area contributed by atoms with Crippen LogP contribution in [0.25, 0.3) is 6.08 Å². The minimum absolute atomic E-state index is 0.00401. The number of amides is 1. The third-order valence-electron chi connectivity index (χ3n) is 2.92. The van der Waals surface area contributed by atoms with Gasteiger partial charge in [0.25, 0.3) is 5.91 Å². The van der Waals surface area contributed by atoms with Crippen molar-refractivity contribution in [3.63, 3.8) is 0 Å². The summed E-state index contributed by atoms with van der Waals surface area (Å²) >= 11 is 23.5. The van der Waals surface area contributed by atoms with Gasteiger partial charge >= 0.3 is 0 Å². The predicted octanol–water partition coefficient (Wildman–Crippen LogP) is 5.55. The smallest absolute Gasteiger partial charge is 0.266 e. The Hall–Kier alpha value is -1.90. The fraction of sp³-hybridized carbons (Fsp3) is 0. The Balaban J connectivity index is 2.33. The highest BCUT2D eigenvalue weighted by molar-refractivity contribution is 6.44. The Kier molecular flexibility index (Phi) is 5.98. The number of hydrogen-bond acceptors (Lipinski definition) is 3. The molecule has 0 radical (unpaired) electrons. The van der Waals surface area contributed by atoms with Crippen LogP contribution in [-0.4, -0.2) is 11.0 Å². The summed E-state index contributed by atoms with van der Waals surface area (Å²) in [6, 6.07) is 9.26. The largest absolute Gasteiger partial charge is 0.505 e. The van der Waals surface area contributed by atoms with Gasteiger partial charge in [-0.05, 0) is 35.9 Å². The van der Waals surface area contributed by atoms with Gasteiger partial charge in [0.15, 0.2) is 5.75 Å². The van der Waals surface area contributed by atoms with E-state index in [1.165, 1.54) is 18.2 Å². The van der Waals surface area contributed by atoms with Gasteiger partial charge in [-0.2, -0.15) is 5.26 Å². The van der Waals surface area contributed by atoms with Crippen molar-refractivity contribution in [2.45, 2.75) is 0 Å². The first-order valence-corrected chi connectivity index (χ1v) is 7.90. The molecule has 0 aliphatic carbocycles. The lowest BCUT2D eigenvalue weighted by molar-refractivity contribution is -0.112. The van der Waals surface area contributed by atoms with E-state index in [-0.39, 0.29) is 37.1 Å². The van der Waals surface area contributed by atoms with E-state index in [4.69, 9.17) is 46.4 Å². The Labute approximate surface area is 157 Å². The van der Waals surface area contributed by atoms with Crippen LogP contribution < -0.4 is 5.32 Å². The summed E-state index contributed by atoms with van der Waals surface area (Å²) in [5, 5.41) is 21.7. The number of halogens is 4. The van der Waals surface area contributed by atoms with Gasteiger partial charge in [0.1, 0.15) is 11.6 Å². The molecule has 122 valence electrons. The Bertz CT molecular complexity index is 865. The molecule has 2 aromatic carbocycles. The molecule has 0 aliphatic rings. The lowest BCUT2D eigenvalue weighted by Crippen LogP contribution is -2.13. The van der Waals surface area contributed by atoms with Gasteiger partial charge in [-0.15, -0.1) is 0 Å². The number of carbonyl (C=O) groups excluding carboxylic acids is 1. The van der Waals surface area contributed by atoms with E-state index < -0.39 is 5.91 Å². The number of benzene rings is 2. The Morgan fingerprint density at radius 2 is 1.75 bits per heavy atom. The summed E-state index contributed by atoms with van der Waals surface area (Å²) in [6.07, 6.45) is 1.28. The first-order chi connectivity index (χ1) is 11.3. The van der Waals surface area contributed by atoms with Crippen molar-refractivity contribution >= 4 is 64.1 Å². The summed E-state index contributed by atoms with van der Waals surface area (Å²) < 4.78 is 0. The molecule has 0 saturated heterocycles. The highest BCUT2D eigenvalue weighted by Gasteiger charge is 2.14. The Morgan fingerprint density at radius 3 is 2.33 bits per heavy atom. The topological polar surface area (TPSA) is 73.1 Å². The molecular weight excluding hydrogens is 394 g/mol. The fourth-order valence-electron chi connectivity index (χ4n) is 1.77. The van der Waals surface area contributed by atoms with Crippen LogP contribution in [0.3, 0.4) is 0 Å². The molecule has 0 heterocycles. The molecule has 0 spiro atoms. The molecule has 0 unspecified atom stereocenters. The number of carbonyl (C=O) groups is 1. The molecule has 0 bridgehead atoms. The quantitative estimate of drug-likeness (QED) is 0.522. The molecule has 0 aromatic heterocycles. The van der Waals surface area contributed by atoms with Crippen LogP contribution in [0, 0.1) is 11.3 Å². The maximum atomic E-state index is 12.2. The molecule has 0 saturated carbocycles. The molecule has 0 fully saturated rings. The average molecular weight is 402 g/mol. The summed E-state index contributed by atoms with van der Waals surface area (Å²) in [6.45, 7) is 0. The van der Waals surface area contributed by atoms with Crippen molar-refractivity contribution in [3.05, 3.63) is 61.6 Å². The minimum atomic E-state index is -0.679. The average Bonchev–Trinajstić information content (AvgIpc) is 2.54. The Morgan fingerprint density at radius 1 is 1.12 bits per heavy atom. The zero-order valence-electron chi connectivity index (χ0n) is 11.8. The second-order valence-electron chi connectivity index (χ2n) is 4.56. The minimum Gasteiger partial charge on any atom is -0.505 e. The van der Waals surface area contributed by atoms with Gasteiger partial charge in [-0.1, -0.05) is 52.5 Å². The van der Waals surface area contributed by atoms with Crippen LogP contribution in [0.15, 0.2) is 35.9 Å². The van der Waals surface area contributed by atoms with Crippen molar-refractivity contribution in [1.29, 1.82) is 5.26 Å². The first-order valence-electron chi connectivity index (χ1n) is 6.38. The molecule has 0 atom stereocenters. The predicted molar refractivity (Wildman–Crippen MR) is 96.8 cm³/mol. The number of rotatable bonds is 3. The molecule has 1 amide bonds. The van der Waals surface area contributed by atoms with Gasteiger partial charge < -0.3 is 10.4 Å². The number of nitriles is 1. The van der Waals surface area contributed by atoms with Crippen LogP contribution in [-0.2, 0) is 4.79 Å². The summed E-state index contributed by atoms with van der Waals surface area (Å²) in [5.41, 5.74) is 0.452. The molecule has 2 N–H and O–H groups in total. The van der Waals surface area contributed by atoms with E-state index >= 15 is 0 Å². The second-order valence-corrected chi connectivity index (χ2v) is 6.16. The third-order valence-corrected chi connectivity index (χ3v) is 4.31. The first kappa shape index (κ1) is 18.4. The van der Waals surface area contributed by atoms with Crippen molar-refractivity contribution in [2.75, 3.05) is 5.32 Å². The summed E-state index contributed by atoms with van der Waals surface area (Å²) in [4.78, 5) is 12.2. The molecule has 8 heteroatoms.